The summed E-state index contributed by atoms with van der Waals surface area (Å²) in [6.45, 7) is 4.47. The molecule has 0 amide bonds. The van der Waals surface area contributed by atoms with Crippen molar-refractivity contribution in [2.45, 2.75) is 58.3 Å². The van der Waals surface area contributed by atoms with Gasteiger partial charge in [0.25, 0.3) is 5.78 Å². The average Bonchev–Trinajstić information content (AvgIpc) is 2.86. The van der Waals surface area contributed by atoms with Crippen LogP contribution in [-0.2, 0) is 33.3 Å². The molecule has 0 aliphatic carbocycles. The largest absolute Gasteiger partial charge is 0.463 e. The predicted molar refractivity (Wildman–Crippen MR) is 128 cm³/mol. The Morgan fingerprint density at radius 3 is 1.71 bits per heavy atom. The van der Waals surface area contributed by atoms with Gasteiger partial charge in [-0.05, 0) is 6.42 Å². The maximum absolute atomic E-state index is 11.8. The Hall–Kier alpha value is -2.29. The van der Waals surface area contributed by atoms with Crippen LogP contribution >= 0.6 is 0 Å². The summed E-state index contributed by atoms with van der Waals surface area (Å²) in [5.74, 6) is -1.74. The van der Waals surface area contributed by atoms with Crippen LogP contribution < -0.4 is 0 Å². The van der Waals surface area contributed by atoms with Crippen LogP contribution in [0.5, 0.6) is 0 Å². The molecule has 0 spiro atoms. The maximum atomic E-state index is 11.8. The monoisotopic (exact) mass is 480 g/mol. The summed E-state index contributed by atoms with van der Waals surface area (Å²) >= 11 is 0. The smallest absolute Gasteiger partial charge is 0.379 e. The van der Waals surface area contributed by atoms with Crippen molar-refractivity contribution in [2.75, 3.05) is 52.9 Å². The van der Waals surface area contributed by atoms with Crippen LogP contribution in [-0.4, -0.2) is 70.6 Å². The number of benzene rings is 1. The van der Waals surface area contributed by atoms with E-state index in [-0.39, 0.29) is 25.8 Å². The van der Waals surface area contributed by atoms with Crippen LogP contribution in [0.1, 0.15) is 68.6 Å². The van der Waals surface area contributed by atoms with Gasteiger partial charge in [-0.1, -0.05) is 75.8 Å². The van der Waals surface area contributed by atoms with Gasteiger partial charge in [0.15, 0.2) is 0 Å². The van der Waals surface area contributed by atoms with E-state index in [1.807, 2.05) is 0 Å². The third-order valence-corrected chi connectivity index (χ3v) is 4.90. The van der Waals surface area contributed by atoms with E-state index < -0.39 is 11.8 Å². The number of carbonyl (C=O) groups excluding carboxylic acids is 3. The van der Waals surface area contributed by atoms with E-state index in [1.54, 1.807) is 30.3 Å². The first-order valence-corrected chi connectivity index (χ1v) is 12.3. The fourth-order valence-electron chi connectivity index (χ4n) is 3.02. The summed E-state index contributed by atoms with van der Waals surface area (Å²) in [5.41, 5.74) is 0.297. The molecule has 0 unspecified atom stereocenters. The minimum absolute atomic E-state index is 0.00179. The minimum Gasteiger partial charge on any atom is -0.463 e. The summed E-state index contributed by atoms with van der Waals surface area (Å²) in [6, 6.07) is 8.25. The van der Waals surface area contributed by atoms with Crippen molar-refractivity contribution >= 4 is 17.7 Å². The predicted octanol–water partition coefficient (Wildman–Crippen LogP) is 4.15. The standard InChI is InChI=1S/C26H40O8/c1-2-3-4-5-6-7-11-14-24(27)33-21-19-31-17-15-30-16-18-32-20-22-34-26(29)25(28)23-12-9-8-10-13-23/h8-10,12-13H,2-7,11,14-22H2,1H3. The lowest BCUT2D eigenvalue weighted by molar-refractivity contribution is -0.145. The van der Waals surface area contributed by atoms with Crippen LogP contribution in [0.2, 0.25) is 0 Å². The highest BCUT2D eigenvalue weighted by molar-refractivity contribution is 6.40. The molecule has 0 aliphatic rings. The van der Waals surface area contributed by atoms with Crippen LogP contribution in [0.15, 0.2) is 30.3 Å². The Balaban J connectivity index is 1.81. The molecule has 8 nitrogen and oxygen atoms in total. The minimum atomic E-state index is -0.897. The molecule has 0 atom stereocenters. The average molecular weight is 481 g/mol. The SMILES string of the molecule is CCCCCCCCCC(=O)OCCOCCOCCOCCOC(=O)C(=O)c1ccccc1. The molecule has 0 heterocycles. The molecule has 192 valence electrons. The normalized spacial score (nSPS) is 10.7. The van der Waals surface area contributed by atoms with E-state index in [0.717, 1.165) is 12.8 Å². The second kappa shape index (κ2) is 21.3. The topological polar surface area (TPSA) is 97.4 Å². The number of ether oxygens (including phenoxy) is 5. The molecule has 0 aromatic heterocycles. The summed E-state index contributed by atoms with van der Waals surface area (Å²) in [6.07, 6.45) is 8.69. The lowest BCUT2D eigenvalue weighted by Gasteiger charge is -2.08. The van der Waals surface area contributed by atoms with Crippen molar-refractivity contribution in [3.63, 3.8) is 0 Å². The second-order valence-electron chi connectivity index (χ2n) is 7.76. The summed E-state index contributed by atoms with van der Waals surface area (Å²) in [4.78, 5) is 35.1. The van der Waals surface area contributed by atoms with Crippen molar-refractivity contribution in [1.82, 2.24) is 0 Å². The van der Waals surface area contributed by atoms with E-state index in [9.17, 15) is 14.4 Å². The number of carbonyl (C=O) groups is 3. The van der Waals surface area contributed by atoms with Gasteiger partial charge in [-0.25, -0.2) is 4.79 Å². The summed E-state index contributed by atoms with van der Waals surface area (Å²) < 4.78 is 26.1. The van der Waals surface area contributed by atoms with Gasteiger partial charge in [0, 0.05) is 12.0 Å². The quantitative estimate of drug-likeness (QED) is 0.106. The van der Waals surface area contributed by atoms with Crippen molar-refractivity contribution in [3.8, 4) is 0 Å². The van der Waals surface area contributed by atoms with Gasteiger partial charge < -0.3 is 23.7 Å². The Kier molecular flexibility index (Phi) is 18.6. The molecule has 0 N–H and O–H groups in total. The molecule has 0 radical (unpaired) electrons. The fraction of sp³-hybridized carbons (Fsp3) is 0.654. The molecule has 1 rings (SSSR count). The van der Waals surface area contributed by atoms with Gasteiger partial charge >= 0.3 is 11.9 Å². The zero-order chi connectivity index (χ0) is 24.7. The fourth-order valence-corrected chi connectivity index (χ4v) is 3.02. The molecular weight excluding hydrogens is 440 g/mol. The third-order valence-electron chi connectivity index (χ3n) is 4.90. The number of esters is 2. The first-order chi connectivity index (χ1) is 16.6. The van der Waals surface area contributed by atoms with Crippen molar-refractivity contribution in [2.24, 2.45) is 0 Å². The van der Waals surface area contributed by atoms with E-state index in [2.05, 4.69) is 6.92 Å². The van der Waals surface area contributed by atoms with Crippen LogP contribution in [0.25, 0.3) is 0 Å². The molecular formula is C26H40O8. The Morgan fingerprint density at radius 1 is 0.618 bits per heavy atom. The van der Waals surface area contributed by atoms with Crippen molar-refractivity contribution in [3.05, 3.63) is 35.9 Å². The van der Waals surface area contributed by atoms with Crippen molar-refractivity contribution in [1.29, 1.82) is 0 Å². The molecule has 1 aromatic carbocycles. The number of Topliss-reactive ketones (excluding diaryl/α,β-unsaturated/α-hetero) is 1. The Bertz CT molecular complexity index is 662. The van der Waals surface area contributed by atoms with Gasteiger partial charge in [-0.2, -0.15) is 0 Å². The highest BCUT2D eigenvalue weighted by Crippen LogP contribution is 2.08. The second-order valence-corrected chi connectivity index (χ2v) is 7.76. The molecule has 0 saturated heterocycles. The van der Waals surface area contributed by atoms with E-state index >= 15 is 0 Å². The highest BCUT2D eigenvalue weighted by Gasteiger charge is 2.17. The van der Waals surface area contributed by atoms with E-state index in [4.69, 9.17) is 23.7 Å². The lowest BCUT2D eigenvalue weighted by Crippen LogP contribution is -2.20. The summed E-state index contributed by atoms with van der Waals surface area (Å²) in [5, 5.41) is 0. The van der Waals surface area contributed by atoms with Crippen LogP contribution in [0.4, 0.5) is 0 Å². The molecule has 1 aromatic rings. The van der Waals surface area contributed by atoms with Crippen LogP contribution in [0.3, 0.4) is 0 Å². The molecule has 34 heavy (non-hydrogen) atoms. The Morgan fingerprint density at radius 2 is 1.12 bits per heavy atom. The molecule has 8 heteroatoms. The van der Waals surface area contributed by atoms with Crippen LogP contribution in [0, 0.1) is 0 Å². The summed E-state index contributed by atoms with van der Waals surface area (Å²) in [7, 11) is 0. The lowest BCUT2D eigenvalue weighted by atomic mass is 10.1. The number of hydrogen-bond donors (Lipinski definition) is 0. The number of ketones is 1. The molecule has 0 fully saturated rings. The molecule has 0 saturated carbocycles. The van der Waals surface area contributed by atoms with E-state index in [1.165, 1.54) is 32.1 Å². The number of unbranched alkanes of at least 4 members (excludes halogenated alkanes) is 6. The first kappa shape index (κ1) is 29.7. The van der Waals surface area contributed by atoms with Crippen molar-refractivity contribution < 1.29 is 38.1 Å². The number of rotatable bonds is 22. The zero-order valence-corrected chi connectivity index (χ0v) is 20.5. The van der Waals surface area contributed by atoms with Gasteiger partial charge in [-0.3, -0.25) is 9.59 Å². The van der Waals surface area contributed by atoms with Gasteiger partial charge in [0.1, 0.15) is 13.2 Å². The van der Waals surface area contributed by atoms with Gasteiger partial charge in [-0.15, -0.1) is 0 Å². The Labute approximate surface area is 203 Å². The van der Waals surface area contributed by atoms with E-state index in [0.29, 0.717) is 45.0 Å². The van der Waals surface area contributed by atoms with Gasteiger partial charge in [0.05, 0.1) is 39.6 Å². The number of hydrogen-bond acceptors (Lipinski definition) is 8. The maximum Gasteiger partial charge on any atom is 0.379 e. The molecule has 0 bridgehead atoms. The van der Waals surface area contributed by atoms with Gasteiger partial charge in [0.2, 0.25) is 0 Å². The first-order valence-electron chi connectivity index (χ1n) is 12.3. The molecule has 0 aliphatic heterocycles. The third kappa shape index (κ3) is 16.3. The highest BCUT2D eigenvalue weighted by atomic mass is 16.6. The zero-order valence-electron chi connectivity index (χ0n) is 20.5.